The molecule has 2 aromatic heterocycles. The number of thiophene rings is 1. The summed E-state index contributed by atoms with van der Waals surface area (Å²) in [7, 11) is 0. The van der Waals surface area contributed by atoms with E-state index in [0.717, 1.165) is 16.5 Å². The monoisotopic (exact) mass is 444 g/mol. The smallest absolute Gasteiger partial charge is 0.269 e. The molecule has 3 aromatic rings. The van der Waals surface area contributed by atoms with E-state index in [1.54, 1.807) is 22.3 Å². The van der Waals surface area contributed by atoms with Gasteiger partial charge in [-0.1, -0.05) is 28.1 Å². The van der Waals surface area contributed by atoms with Crippen molar-refractivity contribution in [1.29, 1.82) is 0 Å². The van der Waals surface area contributed by atoms with E-state index in [9.17, 15) is 9.59 Å². The van der Waals surface area contributed by atoms with Crippen LogP contribution in [0.5, 0.6) is 0 Å². The fourth-order valence-corrected chi connectivity index (χ4v) is 4.18. The Morgan fingerprint density at radius 2 is 2.07 bits per heavy atom. The molecule has 138 valence electrons. The summed E-state index contributed by atoms with van der Waals surface area (Å²) in [6, 6.07) is 11.4. The van der Waals surface area contributed by atoms with Crippen molar-refractivity contribution >= 4 is 39.1 Å². The highest BCUT2D eigenvalue weighted by Crippen LogP contribution is 2.24. The van der Waals surface area contributed by atoms with Crippen LogP contribution in [0, 0.1) is 0 Å². The summed E-state index contributed by atoms with van der Waals surface area (Å²) < 4.78 is 0.977. The molecule has 1 aromatic carbocycles. The van der Waals surface area contributed by atoms with Gasteiger partial charge >= 0.3 is 0 Å². The molecule has 0 radical (unpaired) electrons. The lowest BCUT2D eigenvalue weighted by Gasteiger charge is -2.27. The topological polar surface area (TPSA) is 78.1 Å². The Morgan fingerprint density at radius 1 is 1.26 bits per heavy atom. The number of fused-ring (bicyclic) bond motifs is 1. The Labute approximate surface area is 168 Å². The third-order valence-corrected chi connectivity index (χ3v) is 6.07. The van der Waals surface area contributed by atoms with E-state index in [2.05, 4.69) is 42.9 Å². The molecule has 2 amide bonds. The first kappa shape index (κ1) is 17.9. The molecule has 0 saturated heterocycles. The normalized spacial score (nSPS) is 13.3. The van der Waals surface area contributed by atoms with Crippen LogP contribution < -0.4 is 5.32 Å². The fraction of sp³-hybridized carbons (Fsp3) is 0.211. The number of hydrogen-bond acceptors (Lipinski definition) is 4. The van der Waals surface area contributed by atoms with Crippen molar-refractivity contribution in [2.75, 3.05) is 13.1 Å². The molecule has 0 unspecified atom stereocenters. The highest BCUT2D eigenvalue weighted by Gasteiger charge is 2.22. The molecule has 0 saturated carbocycles. The highest BCUT2D eigenvalue weighted by atomic mass is 79.9. The van der Waals surface area contributed by atoms with Crippen molar-refractivity contribution in [1.82, 2.24) is 20.4 Å². The van der Waals surface area contributed by atoms with Gasteiger partial charge in [0.2, 0.25) is 5.91 Å². The van der Waals surface area contributed by atoms with E-state index in [-0.39, 0.29) is 18.4 Å². The Bertz CT molecular complexity index is 980. The molecular formula is C19H17BrN4O2S. The van der Waals surface area contributed by atoms with Gasteiger partial charge in [-0.05, 0) is 41.6 Å². The maximum Gasteiger partial charge on any atom is 0.269 e. The van der Waals surface area contributed by atoms with Crippen LogP contribution in [0.2, 0.25) is 0 Å². The number of nitrogens with one attached hydrogen (secondary N) is 2. The average Bonchev–Trinajstić information content (AvgIpc) is 3.35. The molecule has 1 aliphatic rings. The minimum atomic E-state index is -0.340. The average molecular weight is 445 g/mol. The Balaban J connectivity index is 1.34. The van der Waals surface area contributed by atoms with E-state index in [1.165, 1.54) is 10.4 Å². The van der Waals surface area contributed by atoms with Crippen LogP contribution in [0.15, 0.2) is 46.3 Å². The van der Waals surface area contributed by atoms with E-state index in [1.807, 2.05) is 24.3 Å². The van der Waals surface area contributed by atoms with Crippen LogP contribution in [0.1, 0.15) is 20.9 Å². The number of carbonyl (C=O) groups is 2. The van der Waals surface area contributed by atoms with Gasteiger partial charge in [-0.3, -0.25) is 14.7 Å². The Hall–Kier alpha value is -2.45. The van der Waals surface area contributed by atoms with Crippen molar-refractivity contribution in [3.8, 4) is 11.3 Å². The maximum absolute atomic E-state index is 12.4. The van der Waals surface area contributed by atoms with Crippen LogP contribution in [-0.4, -0.2) is 40.0 Å². The predicted molar refractivity (Wildman–Crippen MR) is 107 cm³/mol. The van der Waals surface area contributed by atoms with Crippen molar-refractivity contribution < 1.29 is 9.59 Å². The molecule has 4 rings (SSSR count). The summed E-state index contributed by atoms with van der Waals surface area (Å²) in [5, 5.41) is 11.7. The fourth-order valence-electron chi connectivity index (χ4n) is 3.03. The second kappa shape index (κ2) is 7.66. The molecule has 8 heteroatoms. The first-order valence-corrected chi connectivity index (χ1v) is 10.2. The molecule has 0 atom stereocenters. The van der Waals surface area contributed by atoms with Gasteiger partial charge in [-0.25, -0.2) is 0 Å². The second-order valence-corrected chi connectivity index (χ2v) is 8.21. The molecule has 3 heterocycles. The number of carbonyl (C=O) groups excluding carboxylic acids is 2. The van der Waals surface area contributed by atoms with Crippen LogP contribution in [0.4, 0.5) is 0 Å². The van der Waals surface area contributed by atoms with E-state index in [0.29, 0.717) is 24.5 Å². The third kappa shape index (κ3) is 3.96. The van der Waals surface area contributed by atoms with Gasteiger partial charge in [0.1, 0.15) is 5.69 Å². The van der Waals surface area contributed by atoms with Gasteiger partial charge in [0, 0.05) is 28.0 Å². The predicted octanol–water partition coefficient (Wildman–Crippen LogP) is 3.22. The summed E-state index contributed by atoms with van der Waals surface area (Å²) in [5.41, 5.74) is 3.13. The number of rotatable bonds is 4. The largest absolute Gasteiger partial charge is 0.342 e. The number of H-pyrrole nitrogens is 1. The van der Waals surface area contributed by atoms with Crippen LogP contribution >= 0.6 is 27.3 Å². The molecule has 0 bridgehead atoms. The second-order valence-electron chi connectivity index (χ2n) is 6.29. The zero-order valence-corrected chi connectivity index (χ0v) is 16.8. The highest BCUT2D eigenvalue weighted by molar-refractivity contribution is 9.10. The van der Waals surface area contributed by atoms with Crippen molar-refractivity contribution in [3.63, 3.8) is 0 Å². The minimum absolute atomic E-state index is 0.0229. The summed E-state index contributed by atoms with van der Waals surface area (Å²) in [4.78, 5) is 27.9. The van der Waals surface area contributed by atoms with E-state index < -0.39 is 0 Å². The van der Waals surface area contributed by atoms with Crippen LogP contribution in [0.3, 0.4) is 0 Å². The lowest BCUT2D eigenvalue weighted by Crippen LogP contribution is -2.42. The summed E-state index contributed by atoms with van der Waals surface area (Å²) in [6.45, 7) is 1.29. The van der Waals surface area contributed by atoms with Gasteiger partial charge in [-0.15, -0.1) is 11.3 Å². The van der Waals surface area contributed by atoms with Crippen molar-refractivity contribution in [3.05, 3.63) is 62.4 Å². The van der Waals surface area contributed by atoms with E-state index >= 15 is 0 Å². The molecule has 27 heavy (non-hydrogen) atoms. The molecule has 0 aliphatic carbocycles. The number of aromatic amines is 1. The third-order valence-electron chi connectivity index (χ3n) is 4.52. The summed E-state index contributed by atoms with van der Waals surface area (Å²) in [6.07, 6.45) is 0.879. The minimum Gasteiger partial charge on any atom is -0.342 e. The van der Waals surface area contributed by atoms with Crippen molar-refractivity contribution in [2.45, 2.75) is 13.0 Å². The van der Waals surface area contributed by atoms with E-state index in [4.69, 9.17) is 0 Å². The van der Waals surface area contributed by atoms with Crippen molar-refractivity contribution in [2.24, 2.45) is 0 Å². The number of halogens is 1. The van der Waals surface area contributed by atoms with Gasteiger partial charge in [-0.2, -0.15) is 5.10 Å². The number of benzene rings is 1. The Kier molecular flexibility index (Phi) is 5.09. The standard InChI is InChI=1S/C19H17BrN4O2S/c20-14-3-1-12(2-4-14)15-9-16(23-22-15)19(26)21-10-18(25)24-7-5-17-13(11-24)6-8-27-17/h1-4,6,8-9H,5,7,10-11H2,(H,21,26)(H,22,23). The van der Waals surface area contributed by atoms with Gasteiger partial charge in [0.25, 0.3) is 5.91 Å². The summed E-state index contributed by atoms with van der Waals surface area (Å²) in [5.74, 6) is -0.416. The first-order valence-electron chi connectivity index (χ1n) is 8.53. The number of hydrogen-bond donors (Lipinski definition) is 2. The van der Waals surface area contributed by atoms with Crippen LogP contribution in [-0.2, 0) is 17.8 Å². The zero-order valence-electron chi connectivity index (χ0n) is 14.4. The van der Waals surface area contributed by atoms with Gasteiger partial charge in [0.15, 0.2) is 0 Å². The first-order chi connectivity index (χ1) is 13.1. The quantitative estimate of drug-likeness (QED) is 0.648. The van der Waals surface area contributed by atoms with Gasteiger partial charge < -0.3 is 10.2 Å². The zero-order chi connectivity index (χ0) is 18.8. The maximum atomic E-state index is 12.4. The molecule has 6 nitrogen and oxygen atoms in total. The molecular weight excluding hydrogens is 428 g/mol. The lowest BCUT2D eigenvalue weighted by atomic mass is 10.1. The lowest BCUT2D eigenvalue weighted by molar-refractivity contribution is -0.131. The Morgan fingerprint density at radius 3 is 2.89 bits per heavy atom. The molecule has 2 N–H and O–H groups in total. The number of amides is 2. The van der Waals surface area contributed by atoms with Gasteiger partial charge in [0.05, 0.1) is 12.2 Å². The molecule has 0 spiro atoms. The summed E-state index contributed by atoms with van der Waals surface area (Å²) >= 11 is 5.13. The van der Waals surface area contributed by atoms with Crippen LogP contribution in [0.25, 0.3) is 11.3 Å². The molecule has 0 fully saturated rings. The number of aromatic nitrogens is 2. The number of nitrogens with zero attached hydrogens (tertiary/aromatic N) is 2. The molecule has 1 aliphatic heterocycles. The SMILES string of the molecule is O=C(NCC(=O)N1CCc2sccc2C1)c1cc(-c2ccc(Br)cc2)n[nH]1.